The van der Waals surface area contributed by atoms with Crippen LogP contribution in [0.15, 0.2) is 17.5 Å². The van der Waals surface area contributed by atoms with Crippen molar-refractivity contribution in [2.45, 2.75) is 51.7 Å². The zero-order chi connectivity index (χ0) is 15.4. The highest BCUT2D eigenvalue weighted by Gasteiger charge is 2.36. The minimum absolute atomic E-state index is 0.0711. The van der Waals surface area contributed by atoms with Gasteiger partial charge in [-0.2, -0.15) is 0 Å². The zero-order valence-electron chi connectivity index (χ0n) is 12.5. The van der Waals surface area contributed by atoms with E-state index in [-0.39, 0.29) is 24.7 Å². The van der Waals surface area contributed by atoms with Crippen molar-refractivity contribution in [3.63, 3.8) is 0 Å². The van der Waals surface area contributed by atoms with Gasteiger partial charge in [-0.1, -0.05) is 13.0 Å². The van der Waals surface area contributed by atoms with Crippen molar-refractivity contribution in [3.8, 4) is 0 Å². The van der Waals surface area contributed by atoms with Gasteiger partial charge in [-0.15, -0.1) is 11.3 Å². The molecule has 1 aromatic heterocycles. The summed E-state index contributed by atoms with van der Waals surface area (Å²) in [6.45, 7) is 4.21. The molecule has 0 saturated heterocycles. The summed E-state index contributed by atoms with van der Waals surface area (Å²) in [5.74, 6) is -0.962. The second kappa shape index (κ2) is 6.93. The van der Waals surface area contributed by atoms with Crippen molar-refractivity contribution in [1.29, 1.82) is 0 Å². The summed E-state index contributed by atoms with van der Waals surface area (Å²) in [6.07, 6.45) is 2.77. The van der Waals surface area contributed by atoms with Crippen LogP contribution in [0, 0.1) is 0 Å². The van der Waals surface area contributed by atoms with Gasteiger partial charge in [0.25, 0.3) is 0 Å². The Hall–Kier alpha value is -1.56. The molecule has 5 nitrogen and oxygen atoms in total. The van der Waals surface area contributed by atoms with Crippen molar-refractivity contribution in [2.24, 2.45) is 0 Å². The highest BCUT2D eigenvalue weighted by Crippen LogP contribution is 2.30. The Morgan fingerprint density at radius 2 is 2.19 bits per heavy atom. The maximum atomic E-state index is 12.8. The number of nitrogens with zero attached hydrogens (tertiary/aromatic N) is 2. The van der Waals surface area contributed by atoms with Gasteiger partial charge >= 0.3 is 12.0 Å². The van der Waals surface area contributed by atoms with Gasteiger partial charge in [-0.3, -0.25) is 4.79 Å². The summed E-state index contributed by atoms with van der Waals surface area (Å²) >= 11 is 1.62. The van der Waals surface area contributed by atoms with Gasteiger partial charge in [-0.25, -0.2) is 4.79 Å². The summed E-state index contributed by atoms with van der Waals surface area (Å²) < 4.78 is 0. The number of carbonyl (C=O) groups is 2. The third-order valence-electron chi connectivity index (χ3n) is 3.81. The van der Waals surface area contributed by atoms with E-state index in [2.05, 4.69) is 0 Å². The van der Waals surface area contributed by atoms with Crippen molar-refractivity contribution in [2.75, 3.05) is 6.54 Å². The molecule has 21 heavy (non-hydrogen) atoms. The third kappa shape index (κ3) is 4.20. The van der Waals surface area contributed by atoms with E-state index in [0.717, 1.165) is 24.1 Å². The summed E-state index contributed by atoms with van der Waals surface area (Å²) in [4.78, 5) is 28.3. The number of carboxylic acids is 1. The number of hydrogen-bond acceptors (Lipinski definition) is 3. The third-order valence-corrected chi connectivity index (χ3v) is 4.67. The van der Waals surface area contributed by atoms with E-state index in [0.29, 0.717) is 6.54 Å². The number of thiophene rings is 1. The Kier molecular flexibility index (Phi) is 5.22. The lowest BCUT2D eigenvalue weighted by Gasteiger charge is -2.33. The molecular weight excluding hydrogens is 288 g/mol. The van der Waals surface area contributed by atoms with Gasteiger partial charge < -0.3 is 14.9 Å². The van der Waals surface area contributed by atoms with Crippen molar-refractivity contribution in [3.05, 3.63) is 22.4 Å². The average Bonchev–Trinajstić information content (AvgIpc) is 3.17. The molecule has 1 heterocycles. The van der Waals surface area contributed by atoms with E-state index >= 15 is 0 Å². The SMILES string of the molecule is CCC(C)N(CC(=O)O)C(=O)N(Cc1cccs1)C1CC1. The van der Waals surface area contributed by atoms with Crippen LogP contribution in [0.5, 0.6) is 0 Å². The molecular formula is C15H22N2O3S. The molecule has 1 atom stereocenters. The number of hydrogen-bond donors (Lipinski definition) is 1. The van der Waals surface area contributed by atoms with Gasteiger partial charge in [0.05, 0.1) is 6.54 Å². The van der Waals surface area contributed by atoms with Gasteiger partial charge in [-0.05, 0) is 37.6 Å². The topological polar surface area (TPSA) is 60.9 Å². The van der Waals surface area contributed by atoms with Crippen LogP contribution in [-0.4, -0.2) is 45.5 Å². The molecule has 0 radical (unpaired) electrons. The fraction of sp³-hybridized carbons (Fsp3) is 0.600. The monoisotopic (exact) mass is 310 g/mol. The van der Waals surface area contributed by atoms with Crippen LogP contribution in [0.25, 0.3) is 0 Å². The van der Waals surface area contributed by atoms with E-state index in [1.165, 1.54) is 4.90 Å². The second-order valence-corrected chi connectivity index (χ2v) is 6.53. The average molecular weight is 310 g/mol. The number of carbonyl (C=O) groups excluding carboxylic acids is 1. The lowest BCUT2D eigenvalue weighted by Crippen LogP contribution is -2.49. The van der Waals surface area contributed by atoms with Crippen molar-refractivity contribution >= 4 is 23.3 Å². The van der Waals surface area contributed by atoms with Crippen LogP contribution >= 0.6 is 11.3 Å². The fourth-order valence-corrected chi connectivity index (χ4v) is 2.96. The standard InChI is InChI=1S/C15H22N2O3S/c1-3-11(2)16(10-14(18)19)15(20)17(12-6-7-12)9-13-5-4-8-21-13/h4-5,8,11-12H,3,6-7,9-10H2,1-2H3,(H,18,19). The molecule has 1 saturated carbocycles. The van der Waals surface area contributed by atoms with E-state index in [1.807, 2.05) is 36.3 Å². The first kappa shape index (κ1) is 15.8. The fourth-order valence-electron chi connectivity index (χ4n) is 2.25. The summed E-state index contributed by atoms with van der Waals surface area (Å²) in [5.41, 5.74) is 0. The van der Waals surface area contributed by atoms with Crippen molar-refractivity contribution < 1.29 is 14.7 Å². The van der Waals surface area contributed by atoms with Crippen LogP contribution in [0.2, 0.25) is 0 Å². The normalized spacial score (nSPS) is 15.5. The molecule has 1 unspecified atom stereocenters. The first-order valence-electron chi connectivity index (χ1n) is 7.34. The number of amides is 2. The Bertz CT molecular complexity index is 485. The van der Waals surface area contributed by atoms with E-state index in [4.69, 9.17) is 5.11 Å². The van der Waals surface area contributed by atoms with Crippen LogP contribution < -0.4 is 0 Å². The lowest BCUT2D eigenvalue weighted by atomic mass is 10.2. The summed E-state index contributed by atoms with van der Waals surface area (Å²) in [7, 11) is 0. The first-order valence-corrected chi connectivity index (χ1v) is 8.22. The van der Waals surface area contributed by atoms with Crippen LogP contribution in [0.4, 0.5) is 4.79 Å². The van der Waals surface area contributed by atoms with E-state index in [9.17, 15) is 9.59 Å². The van der Waals surface area contributed by atoms with E-state index < -0.39 is 5.97 Å². The zero-order valence-corrected chi connectivity index (χ0v) is 13.3. The molecule has 0 bridgehead atoms. The Labute approximate surface area is 129 Å². The molecule has 1 fully saturated rings. The largest absolute Gasteiger partial charge is 0.480 e. The summed E-state index contributed by atoms with van der Waals surface area (Å²) in [6, 6.07) is 4.03. The highest BCUT2D eigenvalue weighted by molar-refractivity contribution is 7.09. The van der Waals surface area contributed by atoms with Gasteiger partial charge in [0.2, 0.25) is 0 Å². The number of carboxylic acid groups (broad SMARTS) is 1. The van der Waals surface area contributed by atoms with Gasteiger partial charge in [0.1, 0.15) is 6.54 Å². The Morgan fingerprint density at radius 1 is 1.48 bits per heavy atom. The highest BCUT2D eigenvalue weighted by atomic mass is 32.1. The lowest BCUT2D eigenvalue weighted by molar-refractivity contribution is -0.138. The number of aliphatic carboxylic acids is 1. The minimum atomic E-state index is -0.962. The number of rotatable bonds is 7. The Balaban J connectivity index is 2.12. The van der Waals surface area contributed by atoms with Crippen LogP contribution in [0.3, 0.4) is 0 Å². The first-order chi connectivity index (χ1) is 10.0. The quantitative estimate of drug-likeness (QED) is 0.842. The predicted octanol–water partition coefficient (Wildman–Crippen LogP) is 3.02. The van der Waals surface area contributed by atoms with Crippen molar-refractivity contribution in [1.82, 2.24) is 9.80 Å². The maximum Gasteiger partial charge on any atom is 0.323 e. The molecule has 0 aromatic carbocycles. The summed E-state index contributed by atoms with van der Waals surface area (Å²) in [5, 5.41) is 11.1. The molecule has 1 aliphatic rings. The second-order valence-electron chi connectivity index (χ2n) is 5.50. The van der Waals surface area contributed by atoms with Crippen LogP contribution in [0.1, 0.15) is 38.0 Å². The molecule has 6 heteroatoms. The minimum Gasteiger partial charge on any atom is -0.480 e. The smallest absolute Gasteiger partial charge is 0.323 e. The molecule has 2 amide bonds. The predicted molar refractivity (Wildman–Crippen MR) is 82.4 cm³/mol. The number of urea groups is 1. The molecule has 1 aromatic rings. The molecule has 2 rings (SSSR count). The maximum absolute atomic E-state index is 12.8. The molecule has 1 N–H and O–H groups in total. The molecule has 0 spiro atoms. The van der Waals surface area contributed by atoms with Crippen LogP contribution in [-0.2, 0) is 11.3 Å². The van der Waals surface area contributed by atoms with Gasteiger partial charge in [0, 0.05) is 17.0 Å². The molecule has 1 aliphatic carbocycles. The van der Waals surface area contributed by atoms with E-state index in [1.54, 1.807) is 11.3 Å². The molecule has 0 aliphatic heterocycles. The van der Waals surface area contributed by atoms with Gasteiger partial charge in [0.15, 0.2) is 0 Å². The Morgan fingerprint density at radius 3 is 2.67 bits per heavy atom. The molecule has 116 valence electrons.